The molecule has 0 aliphatic heterocycles. The summed E-state index contributed by atoms with van der Waals surface area (Å²) in [5, 5.41) is 6.67. The summed E-state index contributed by atoms with van der Waals surface area (Å²) in [7, 11) is 0. The van der Waals surface area contributed by atoms with E-state index in [9.17, 15) is 0 Å². The molecule has 0 amide bonds. The molecule has 1 N–H and O–H groups in total. The Kier molecular flexibility index (Phi) is 3.96. The molecule has 84 valence electrons. The molecule has 0 aliphatic carbocycles. The highest BCUT2D eigenvalue weighted by molar-refractivity contribution is 9.10. The van der Waals surface area contributed by atoms with Gasteiger partial charge in [0, 0.05) is 34.2 Å². The number of hydrogen-bond acceptors (Lipinski definition) is 3. The first kappa shape index (κ1) is 11.6. The average molecular weight is 297 g/mol. The minimum Gasteiger partial charge on any atom is -0.384 e. The van der Waals surface area contributed by atoms with Crippen LogP contribution in [0.15, 0.2) is 34.1 Å². The topological polar surface area (TPSA) is 24.9 Å². The van der Waals surface area contributed by atoms with Crippen molar-refractivity contribution >= 4 is 33.0 Å². The highest BCUT2D eigenvalue weighted by Crippen LogP contribution is 2.21. The molecule has 4 heteroatoms. The first-order valence-corrected chi connectivity index (χ1v) is 6.82. The lowest BCUT2D eigenvalue weighted by Crippen LogP contribution is -2.04. The summed E-state index contributed by atoms with van der Waals surface area (Å²) >= 11 is 5.24. The number of aromatic nitrogens is 1. The van der Waals surface area contributed by atoms with Gasteiger partial charge in [-0.25, -0.2) is 4.98 Å². The molecule has 0 spiro atoms. The van der Waals surface area contributed by atoms with Crippen LogP contribution < -0.4 is 5.32 Å². The predicted molar refractivity (Wildman–Crippen MR) is 73.2 cm³/mol. The second-order valence-electron chi connectivity index (χ2n) is 3.54. The largest absolute Gasteiger partial charge is 0.384 e. The van der Waals surface area contributed by atoms with Crippen molar-refractivity contribution in [2.75, 3.05) is 11.9 Å². The van der Waals surface area contributed by atoms with Gasteiger partial charge in [0.2, 0.25) is 0 Å². The summed E-state index contributed by atoms with van der Waals surface area (Å²) in [5.74, 6) is 0. The Morgan fingerprint density at radius 2 is 2.19 bits per heavy atom. The van der Waals surface area contributed by atoms with E-state index in [1.807, 2.05) is 25.1 Å². The summed E-state index contributed by atoms with van der Waals surface area (Å²) in [6.07, 6.45) is 0.972. The molecule has 0 bridgehead atoms. The van der Waals surface area contributed by atoms with E-state index in [1.165, 1.54) is 5.01 Å². The lowest BCUT2D eigenvalue weighted by atomic mass is 10.3. The van der Waals surface area contributed by atoms with Gasteiger partial charge in [0.05, 0.1) is 5.01 Å². The molecule has 1 aromatic carbocycles. The van der Waals surface area contributed by atoms with Gasteiger partial charge in [-0.05, 0) is 35.0 Å². The van der Waals surface area contributed by atoms with Crippen LogP contribution in [0.1, 0.15) is 10.7 Å². The molecular formula is C12H13BrN2S. The third kappa shape index (κ3) is 3.06. The SMILES string of the molecule is Cc1csc(CCNc2ccccc2Br)n1. The molecule has 2 nitrogen and oxygen atoms in total. The molecule has 0 aliphatic rings. The monoisotopic (exact) mass is 296 g/mol. The summed E-state index contributed by atoms with van der Waals surface area (Å²) < 4.78 is 1.10. The van der Waals surface area contributed by atoms with E-state index in [1.54, 1.807) is 11.3 Å². The number of hydrogen-bond donors (Lipinski definition) is 1. The van der Waals surface area contributed by atoms with Crippen molar-refractivity contribution in [3.8, 4) is 0 Å². The third-order valence-corrected chi connectivity index (χ3v) is 3.91. The van der Waals surface area contributed by atoms with Crippen LogP contribution in [0.25, 0.3) is 0 Å². The average Bonchev–Trinajstić information content (AvgIpc) is 2.67. The standard InChI is InChI=1S/C12H13BrN2S/c1-9-8-16-12(15-9)6-7-14-11-5-3-2-4-10(11)13/h2-5,8,14H,6-7H2,1H3. The Hall–Kier alpha value is -0.870. The number of aryl methyl sites for hydroxylation is 1. The van der Waals surface area contributed by atoms with Gasteiger partial charge < -0.3 is 5.32 Å². The lowest BCUT2D eigenvalue weighted by Gasteiger charge is -2.06. The molecule has 16 heavy (non-hydrogen) atoms. The maximum Gasteiger partial charge on any atom is 0.0945 e. The van der Waals surface area contributed by atoms with Gasteiger partial charge in [-0.1, -0.05) is 12.1 Å². The molecule has 2 aromatic rings. The second-order valence-corrected chi connectivity index (χ2v) is 5.34. The van der Waals surface area contributed by atoms with E-state index < -0.39 is 0 Å². The number of nitrogens with zero attached hydrogens (tertiary/aromatic N) is 1. The normalized spacial score (nSPS) is 10.4. The summed E-state index contributed by atoms with van der Waals surface area (Å²) in [6.45, 7) is 2.94. The fourth-order valence-electron chi connectivity index (χ4n) is 1.43. The first-order chi connectivity index (χ1) is 7.75. The van der Waals surface area contributed by atoms with Gasteiger partial charge in [0.25, 0.3) is 0 Å². The van der Waals surface area contributed by atoms with Crippen LogP contribution in [0.4, 0.5) is 5.69 Å². The molecule has 1 aromatic heterocycles. The van der Waals surface area contributed by atoms with Crippen LogP contribution in [0.5, 0.6) is 0 Å². The van der Waals surface area contributed by atoms with Crippen LogP contribution in [-0.2, 0) is 6.42 Å². The molecule has 1 heterocycles. The van der Waals surface area contributed by atoms with E-state index in [-0.39, 0.29) is 0 Å². The Labute approximate surface area is 108 Å². The second kappa shape index (κ2) is 5.46. The zero-order valence-corrected chi connectivity index (χ0v) is 11.4. The van der Waals surface area contributed by atoms with Crippen LogP contribution in [-0.4, -0.2) is 11.5 Å². The van der Waals surface area contributed by atoms with Crippen molar-refractivity contribution in [1.82, 2.24) is 4.98 Å². The molecule has 0 fully saturated rings. The third-order valence-electron chi connectivity index (χ3n) is 2.19. The molecule has 0 unspecified atom stereocenters. The summed E-state index contributed by atoms with van der Waals surface area (Å²) in [6, 6.07) is 8.15. The van der Waals surface area contributed by atoms with Crippen molar-refractivity contribution in [3.05, 3.63) is 44.8 Å². The summed E-state index contributed by atoms with van der Waals surface area (Å²) in [4.78, 5) is 4.43. The maximum atomic E-state index is 4.43. The van der Waals surface area contributed by atoms with Gasteiger partial charge in [0.1, 0.15) is 0 Å². The minimum atomic E-state index is 0.912. The molecule has 0 saturated carbocycles. The van der Waals surface area contributed by atoms with Crippen molar-refractivity contribution in [2.45, 2.75) is 13.3 Å². The fraction of sp³-hybridized carbons (Fsp3) is 0.250. The van der Waals surface area contributed by atoms with Crippen LogP contribution in [0.2, 0.25) is 0 Å². The zero-order valence-electron chi connectivity index (χ0n) is 9.03. The lowest BCUT2D eigenvalue weighted by molar-refractivity contribution is 0.986. The Morgan fingerprint density at radius 1 is 1.38 bits per heavy atom. The number of thiazole rings is 1. The number of anilines is 1. The minimum absolute atomic E-state index is 0.912. The van der Waals surface area contributed by atoms with Gasteiger partial charge in [-0.3, -0.25) is 0 Å². The fourth-order valence-corrected chi connectivity index (χ4v) is 2.63. The Balaban J connectivity index is 1.87. The van der Waals surface area contributed by atoms with E-state index >= 15 is 0 Å². The highest BCUT2D eigenvalue weighted by atomic mass is 79.9. The number of nitrogens with one attached hydrogen (secondary N) is 1. The summed E-state index contributed by atoms with van der Waals surface area (Å²) in [5.41, 5.74) is 2.25. The highest BCUT2D eigenvalue weighted by Gasteiger charge is 2.00. The number of benzene rings is 1. The molecule has 2 rings (SSSR count). The van der Waals surface area contributed by atoms with E-state index in [0.29, 0.717) is 0 Å². The van der Waals surface area contributed by atoms with Crippen molar-refractivity contribution < 1.29 is 0 Å². The van der Waals surface area contributed by atoms with E-state index in [0.717, 1.165) is 28.8 Å². The van der Waals surface area contributed by atoms with Crippen LogP contribution in [0.3, 0.4) is 0 Å². The van der Waals surface area contributed by atoms with E-state index in [4.69, 9.17) is 0 Å². The van der Waals surface area contributed by atoms with Gasteiger partial charge in [0.15, 0.2) is 0 Å². The Morgan fingerprint density at radius 3 is 2.88 bits per heavy atom. The van der Waals surface area contributed by atoms with E-state index in [2.05, 4.69) is 37.7 Å². The smallest absolute Gasteiger partial charge is 0.0945 e. The molecular weight excluding hydrogens is 284 g/mol. The number of rotatable bonds is 4. The molecule has 0 atom stereocenters. The van der Waals surface area contributed by atoms with Gasteiger partial charge >= 0.3 is 0 Å². The number of para-hydroxylation sites is 1. The quantitative estimate of drug-likeness (QED) is 0.926. The predicted octanol–water partition coefficient (Wildman–Crippen LogP) is 3.87. The number of halogens is 1. The Bertz CT molecular complexity index is 468. The zero-order chi connectivity index (χ0) is 11.4. The molecule has 0 saturated heterocycles. The van der Waals surface area contributed by atoms with Crippen LogP contribution >= 0.6 is 27.3 Å². The first-order valence-electron chi connectivity index (χ1n) is 5.15. The van der Waals surface area contributed by atoms with Crippen molar-refractivity contribution in [2.24, 2.45) is 0 Å². The van der Waals surface area contributed by atoms with Crippen molar-refractivity contribution in [1.29, 1.82) is 0 Å². The molecule has 0 radical (unpaired) electrons. The van der Waals surface area contributed by atoms with Crippen LogP contribution in [0, 0.1) is 6.92 Å². The van der Waals surface area contributed by atoms with Crippen molar-refractivity contribution in [3.63, 3.8) is 0 Å². The maximum absolute atomic E-state index is 4.43. The van der Waals surface area contributed by atoms with Gasteiger partial charge in [-0.15, -0.1) is 11.3 Å². The van der Waals surface area contributed by atoms with Gasteiger partial charge in [-0.2, -0.15) is 0 Å².